The monoisotopic (exact) mass is 233 g/mol. The van der Waals surface area contributed by atoms with Crippen molar-refractivity contribution < 1.29 is 9.90 Å². The summed E-state index contributed by atoms with van der Waals surface area (Å²) in [7, 11) is 4.95. The van der Waals surface area contributed by atoms with Crippen molar-refractivity contribution in [2.75, 3.05) is 27.7 Å². The Labute approximate surface area is 96.3 Å². The van der Waals surface area contributed by atoms with E-state index < -0.39 is 11.6 Å². The minimum absolute atomic E-state index is 0.456. The zero-order chi connectivity index (χ0) is 12.6. The highest BCUT2D eigenvalue weighted by Gasteiger charge is 2.42. The summed E-state index contributed by atoms with van der Waals surface area (Å²) >= 11 is 0. The van der Waals surface area contributed by atoms with Crippen molar-refractivity contribution in [1.29, 1.82) is 0 Å². The summed E-state index contributed by atoms with van der Waals surface area (Å²) in [6.45, 7) is 0.568. The molecule has 0 heterocycles. The number of carboxylic acid groups (broad SMARTS) is 1. The maximum Gasteiger partial charge on any atom is 0.341 e. The molecule has 16 heavy (non-hydrogen) atoms. The summed E-state index contributed by atoms with van der Waals surface area (Å²) in [4.78, 5) is 11.4. The topological polar surface area (TPSA) is 103 Å². The third-order valence-electron chi connectivity index (χ3n) is 2.59. The van der Waals surface area contributed by atoms with E-state index in [4.69, 9.17) is 5.73 Å². The maximum atomic E-state index is 11.4. The zero-order valence-electron chi connectivity index (χ0n) is 10.2. The molecule has 6 N–H and O–H groups in total. The van der Waals surface area contributed by atoms with Crippen molar-refractivity contribution in [1.82, 2.24) is 21.3 Å². The van der Waals surface area contributed by atoms with Crippen LogP contribution in [0.15, 0.2) is 0 Å². The fraction of sp³-hybridized carbons (Fsp3) is 0.889. The van der Waals surface area contributed by atoms with Gasteiger partial charge in [0.25, 0.3) is 0 Å². The van der Waals surface area contributed by atoms with E-state index >= 15 is 0 Å². The number of unbranched alkanes of at least 4 members (excludes halogenated alkanes) is 1. The molecule has 0 rings (SSSR count). The SMILES string of the molecule is CNN(NC)[C@](CCCCN)(NC)C(=O)O. The molecular weight excluding hydrogens is 210 g/mol. The summed E-state index contributed by atoms with van der Waals surface area (Å²) < 4.78 is 0. The van der Waals surface area contributed by atoms with Crippen molar-refractivity contribution in [3.05, 3.63) is 0 Å². The van der Waals surface area contributed by atoms with Crippen LogP contribution in [0.5, 0.6) is 0 Å². The second kappa shape index (κ2) is 7.53. The van der Waals surface area contributed by atoms with Crippen LogP contribution >= 0.6 is 0 Å². The second-order valence-corrected chi connectivity index (χ2v) is 3.44. The molecule has 0 bridgehead atoms. The van der Waals surface area contributed by atoms with Gasteiger partial charge in [-0.2, -0.15) is 0 Å². The highest BCUT2D eigenvalue weighted by molar-refractivity contribution is 5.78. The summed E-state index contributed by atoms with van der Waals surface area (Å²) in [6.07, 6.45) is 2.00. The van der Waals surface area contributed by atoms with Gasteiger partial charge in [0.15, 0.2) is 5.66 Å². The molecular formula is C9H23N5O2. The lowest BCUT2D eigenvalue weighted by molar-refractivity contribution is -0.161. The average molecular weight is 233 g/mol. The molecule has 7 heteroatoms. The Kier molecular flexibility index (Phi) is 7.18. The van der Waals surface area contributed by atoms with E-state index in [0.717, 1.165) is 12.8 Å². The molecule has 0 aromatic carbocycles. The van der Waals surface area contributed by atoms with E-state index in [0.29, 0.717) is 13.0 Å². The van der Waals surface area contributed by atoms with Crippen molar-refractivity contribution in [3.63, 3.8) is 0 Å². The van der Waals surface area contributed by atoms with E-state index in [9.17, 15) is 9.90 Å². The van der Waals surface area contributed by atoms with Gasteiger partial charge in [0.2, 0.25) is 0 Å². The van der Waals surface area contributed by atoms with Crippen LogP contribution in [-0.2, 0) is 4.79 Å². The molecule has 0 saturated carbocycles. The standard InChI is InChI=1S/C9H23N5O2/c1-11-9(8(15)16,6-4-5-7-10)14(12-2)13-3/h11-13H,4-7,10H2,1-3H3,(H,15,16)/t9-/m0/s1. The molecule has 0 aliphatic heterocycles. The third-order valence-corrected chi connectivity index (χ3v) is 2.59. The van der Waals surface area contributed by atoms with Crippen LogP contribution in [0.25, 0.3) is 0 Å². The van der Waals surface area contributed by atoms with Gasteiger partial charge in [0.1, 0.15) is 0 Å². The maximum absolute atomic E-state index is 11.4. The van der Waals surface area contributed by atoms with Crippen LogP contribution in [0.4, 0.5) is 0 Å². The van der Waals surface area contributed by atoms with Gasteiger partial charge >= 0.3 is 5.97 Å². The van der Waals surface area contributed by atoms with Gasteiger partial charge in [-0.3, -0.25) is 5.32 Å². The Hall–Kier alpha value is -0.730. The first-order valence-corrected chi connectivity index (χ1v) is 5.36. The number of aliphatic carboxylic acids is 1. The van der Waals surface area contributed by atoms with Crippen LogP contribution in [0.2, 0.25) is 0 Å². The Balaban J connectivity index is 4.76. The van der Waals surface area contributed by atoms with Crippen LogP contribution in [-0.4, -0.2) is 49.5 Å². The van der Waals surface area contributed by atoms with Gasteiger partial charge in [0.05, 0.1) is 0 Å². The second-order valence-electron chi connectivity index (χ2n) is 3.44. The number of carbonyl (C=O) groups is 1. The molecule has 0 radical (unpaired) electrons. The third kappa shape index (κ3) is 3.39. The van der Waals surface area contributed by atoms with E-state index in [-0.39, 0.29) is 0 Å². The number of nitrogens with zero attached hydrogens (tertiary/aromatic N) is 1. The molecule has 0 aromatic heterocycles. The average Bonchev–Trinajstić information content (AvgIpc) is 2.28. The fourth-order valence-electron chi connectivity index (χ4n) is 1.68. The Morgan fingerprint density at radius 2 is 1.88 bits per heavy atom. The van der Waals surface area contributed by atoms with E-state index in [1.54, 1.807) is 21.1 Å². The Bertz CT molecular complexity index is 210. The van der Waals surface area contributed by atoms with E-state index in [1.807, 2.05) is 0 Å². The molecule has 7 nitrogen and oxygen atoms in total. The highest BCUT2D eigenvalue weighted by Crippen LogP contribution is 2.16. The minimum atomic E-state index is -1.17. The number of nitrogens with two attached hydrogens (primary N) is 1. The number of rotatable bonds is 9. The summed E-state index contributed by atoms with van der Waals surface area (Å²) in [6, 6.07) is 0. The van der Waals surface area contributed by atoms with Gasteiger partial charge in [0, 0.05) is 14.1 Å². The van der Waals surface area contributed by atoms with Crippen molar-refractivity contribution >= 4 is 5.97 Å². The lowest BCUT2D eigenvalue weighted by Crippen LogP contribution is -2.70. The first kappa shape index (κ1) is 15.3. The van der Waals surface area contributed by atoms with E-state index in [2.05, 4.69) is 16.2 Å². The zero-order valence-corrected chi connectivity index (χ0v) is 10.2. The lowest BCUT2D eigenvalue weighted by Gasteiger charge is -2.38. The van der Waals surface area contributed by atoms with Crippen molar-refractivity contribution in [3.8, 4) is 0 Å². The Morgan fingerprint density at radius 3 is 2.19 bits per heavy atom. The van der Waals surface area contributed by atoms with Gasteiger partial charge in [-0.15, -0.1) is 5.12 Å². The molecule has 0 fully saturated rings. The number of hydrogen-bond donors (Lipinski definition) is 5. The minimum Gasteiger partial charge on any atom is -0.479 e. The van der Waals surface area contributed by atoms with Gasteiger partial charge in [-0.1, -0.05) is 0 Å². The Morgan fingerprint density at radius 1 is 1.31 bits per heavy atom. The van der Waals surface area contributed by atoms with Crippen molar-refractivity contribution in [2.24, 2.45) is 5.73 Å². The largest absolute Gasteiger partial charge is 0.479 e. The molecule has 0 aliphatic rings. The number of likely N-dealkylation sites (N-methyl/N-ethyl adjacent to an activating group) is 1. The molecule has 0 saturated heterocycles. The van der Waals surface area contributed by atoms with Gasteiger partial charge < -0.3 is 10.8 Å². The number of hydrazine groups is 2. The van der Waals surface area contributed by atoms with Crippen LogP contribution in [0.3, 0.4) is 0 Å². The molecule has 96 valence electrons. The molecule has 0 unspecified atom stereocenters. The lowest BCUT2D eigenvalue weighted by atomic mass is 10.0. The number of carboxylic acids is 1. The molecule has 0 amide bonds. The smallest absolute Gasteiger partial charge is 0.341 e. The predicted molar refractivity (Wildman–Crippen MR) is 62.3 cm³/mol. The normalized spacial score (nSPS) is 15.1. The van der Waals surface area contributed by atoms with Gasteiger partial charge in [-0.25, -0.2) is 15.6 Å². The number of hydrogen-bond acceptors (Lipinski definition) is 6. The molecule has 0 aromatic rings. The quantitative estimate of drug-likeness (QED) is 0.191. The first-order chi connectivity index (χ1) is 7.58. The van der Waals surface area contributed by atoms with E-state index in [1.165, 1.54) is 5.12 Å². The van der Waals surface area contributed by atoms with Crippen molar-refractivity contribution in [2.45, 2.75) is 24.9 Å². The predicted octanol–water partition coefficient (Wildman–Crippen LogP) is -1.31. The summed E-state index contributed by atoms with van der Waals surface area (Å²) in [5.41, 5.74) is 9.83. The van der Waals surface area contributed by atoms with Crippen LogP contribution < -0.4 is 21.9 Å². The number of nitrogens with one attached hydrogen (secondary N) is 3. The van der Waals surface area contributed by atoms with Crippen LogP contribution in [0, 0.1) is 0 Å². The van der Waals surface area contributed by atoms with Gasteiger partial charge in [-0.05, 0) is 32.9 Å². The summed E-state index contributed by atoms with van der Waals surface area (Å²) in [5, 5.41) is 13.6. The molecule has 1 atom stereocenters. The highest BCUT2D eigenvalue weighted by atomic mass is 16.4. The molecule has 0 aliphatic carbocycles. The van der Waals surface area contributed by atoms with Crippen LogP contribution in [0.1, 0.15) is 19.3 Å². The summed E-state index contributed by atoms with van der Waals surface area (Å²) in [5.74, 6) is -0.935. The first-order valence-electron chi connectivity index (χ1n) is 5.36. The molecule has 0 spiro atoms. The fourth-order valence-corrected chi connectivity index (χ4v) is 1.68.